The van der Waals surface area contributed by atoms with Gasteiger partial charge in [0.05, 0.1) is 5.56 Å². The van der Waals surface area contributed by atoms with E-state index in [0.717, 1.165) is 5.39 Å². The SMILES string of the molecule is CNc1c2c(c(O)c3ccccc13)C(O)=C1C(=O)[C@]3(O)C(O)=C(C(N)=O)C(=O)C[C@@H]3CC1C2. The number of rotatable bonds is 2. The molecule has 170 valence electrons. The van der Waals surface area contributed by atoms with Crippen molar-refractivity contribution in [1.29, 1.82) is 0 Å². The maximum Gasteiger partial charge on any atom is 0.255 e. The highest BCUT2D eigenvalue weighted by molar-refractivity contribution is 6.23. The summed E-state index contributed by atoms with van der Waals surface area (Å²) in [5.74, 6) is -6.33. The molecule has 0 saturated heterocycles. The number of aromatic hydroxyl groups is 1. The Morgan fingerprint density at radius 2 is 1.79 bits per heavy atom. The zero-order valence-electron chi connectivity index (χ0n) is 17.7. The van der Waals surface area contributed by atoms with Crippen LogP contribution in [0.3, 0.4) is 0 Å². The number of nitrogens with one attached hydrogen (secondary N) is 1. The maximum absolute atomic E-state index is 13.5. The lowest BCUT2D eigenvalue weighted by atomic mass is 9.59. The predicted molar refractivity (Wildman–Crippen MR) is 118 cm³/mol. The van der Waals surface area contributed by atoms with E-state index >= 15 is 0 Å². The van der Waals surface area contributed by atoms with Crippen molar-refractivity contribution in [3.63, 3.8) is 0 Å². The highest BCUT2D eigenvalue weighted by Crippen LogP contribution is 2.54. The molecule has 1 saturated carbocycles. The van der Waals surface area contributed by atoms with Gasteiger partial charge >= 0.3 is 0 Å². The molecule has 0 spiro atoms. The van der Waals surface area contributed by atoms with Crippen LogP contribution in [0.2, 0.25) is 0 Å². The van der Waals surface area contributed by atoms with Crippen LogP contribution in [0.1, 0.15) is 24.0 Å². The van der Waals surface area contributed by atoms with Crippen LogP contribution in [-0.4, -0.2) is 50.5 Å². The Morgan fingerprint density at radius 1 is 1.12 bits per heavy atom. The average molecular weight is 450 g/mol. The van der Waals surface area contributed by atoms with Gasteiger partial charge in [0.15, 0.2) is 11.4 Å². The smallest absolute Gasteiger partial charge is 0.255 e. The Balaban J connectivity index is 1.78. The van der Waals surface area contributed by atoms with Gasteiger partial charge in [-0.1, -0.05) is 24.3 Å². The number of hydrogen-bond acceptors (Lipinski definition) is 8. The molecule has 1 amide bonds. The lowest BCUT2D eigenvalue weighted by molar-refractivity contribution is -0.147. The van der Waals surface area contributed by atoms with E-state index in [1.807, 2.05) is 12.1 Å². The Kier molecular flexibility index (Phi) is 4.35. The number of anilines is 1. The van der Waals surface area contributed by atoms with Gasteiger partial charge in [0.25, 0.3) is 5.91 Å². The molecule has 3 aliphatic rings. The first-order valence-corrected chi connectivity index (χ1v) is 10.5. The van der Waals surface area contributed by atoms with Crippen LogP contribution < -0.4 is 11.1 Å². The summed E-state index contributed by atoms with van der Waals surface area (Å²) in [4.78, 5) is 37.7. The number of phenols is 1. The van der Waals surface area contributed by atoms with E-state index in [1.165, 1.54) is 0 Å². The fourth-order valence-corrected chi connectivity index (χ4v) is 5.73. The maximum atomic E-state index is 13.5. The summed E-state index contributed by atoms with van der Waals surface area (Å²) in [6.45, 7) is 0. The number of carbonyl (C=O) groups excluding carboxylic acids is 3. The van der Waals surface area contributed by atoms with Gasteiger partial charge in [-0.25, -0.2) is 0 Å². The van der Waals surface area contributed by atoms with E-state index in [9.17, 15) is 34.8 Å². The van der Waals surface area contributed by atoms with E-state index < -0.39 is 52.0 Å². The second kappa shape index (κ2) is 6.82. The third kappa shape index (κ3) is 2.53. The first kappa shape index (κ1) is 21.0. The number of phenolic OH excluding ortho intramolecular Hbond substituents is 1. The van der Waals surface area contributed by atoms with Gasteiger partial charge < -0.3 is 31.5 Å². The van der Waals surface area contributed by atoms with E-state index in [1.54, 1.807) is 19.2 Å². The third-order valence-electron chi connectivity index (χ3n) is 7.20. The number of primary amides is 1. The Morgan fingerprint density at radius 3 is 2.42 bits per heavy atom. The van der Waals surface area contributed by atoms with Crippen molar-refractivity contribution in [1.82, 2.24) is 0 Å². The Hall–Kier alpha value is -3.85. The number of Topliss-reactive ketones (excluding diaryl/α,β-unsaturated/α-hetero) is 2. The number of nitrogens with two attached hydrogens (primary N) is 1. The number of ketones is 2. The van der Waals surface area contributed by atoms with Gasteiger partial charge in [0, 0.05) is 41.4 Å². The second-order valence-corrected chi connectivity index (χ2v) is 8.78. The van der Waals surface area contributed by atoms with Gasteiger partial charge in [0.2, 0.25) is 5.78 Å². The molecular weight excluding hydrogens is 428 g/mol. The highest BCUT2D eigenvalue weighted by Gasteiger charge is 2.60. The summed E-state index contributed by atoms with van der Waals surface area (Å²) in [5, 5.41) is 48.4. The number of hydrogen-bond donors (Lipinski definition) is 6. The third-order valence-corrected chi connectivity index (χ3v) is 7.20. The minimum Gasteiger partial charge on any atom is -0.508 e. The number of aliphatic hydroxyl groups is 3. The lowest BCUT2D eigenvalue weighted by Gasteiger charge is -2.46. The molecule has 0 bridgehead atoms. The van der Waals surface area contributed by atoms with Crippen molar-refractivity contribution in [3.8, 4) is 5.75 Å². The summed E-state index contributed by atoms with van der Waals surface area (Å²) in [6.07, 6.45) is 0.00639. The van der Waals surface area contributed by atoms with Crippen LogP contribution in [-0.2, 0) is 20.8 Å². The Bertz CT molecular complexity index is 1360. The summed E-state index contributed by atoms with van der Waals surface area (Å²) < 4.78 is 0. The zero-order chi connectivity index (χ0) is 23.8. The van der Waals surface area contributed by atoms with E-state index in [2.05, 4.69) is 5.32 Å². The van der Waals surface area contributed by atoms with E-state index in [0.29, 0.717) is 16.6 Å². The molecule has 3 atom stereocenters. The van der Waals surface area contributed by atoms with Gasteiger partial charge in [0.1, 0.15) is 22.8 Å². The van der Waals surface area contributed by atoms with E-state index in [-0.39, 0.29) is 36.1 Å². The molecule has 0 heterocycles. The molecule has 2 aromatic carbocycles. The first-order valence-electron chi connectivity index (χ1n) is 10.5. The van der Waals surface area contributed by atoms with Gasteiger partial charge in [-0.15, -0.1) is 0 Å². The standard InChI is InChI=1S/C24H22N2O7/c1-26-18-11-4-2-3-5-12(11)19(28)16-13(18)7-9-6-10-8-14(27)17(23(25)32)22(31)24(10,33)21(30)15(9)20(16)29/h2-5,9-10,26,28-29,31,33H,6-8H2,1H3,(H2,25,32)/t9?,10-,24-/m0/s1. The van der Waals surface area contributed by atoms with Crippen molar-refractivity contribution >= 4 is 39.7 Å². The summed E-state index contributed by atoms with van der Waals surface area (Å²) in [6, 6.07) is 7.07. The quantitative estimate of drug-likeness (QED) is 0.296. The van der Waals surface area contributed by atoms with Crippen molar-refractivity contribution < 1.29 is 34.8 Å². The zero-order valence-corrected chi connectivity index (χ0v) is 17.7. The number of aliphatic hydroxyl groups excluding tert-OH is 2. The van der Waals surface area contributed by atoms with Crippen molar-refractivity contribution in [3.05, 3.63) is 52.3 Å². The molecule has 1 unspecified atom stereocenters. The molecule has 1 fully saturated rings. The molecule has 7 N–H and O–H groups in total. The normalized spacial score (nSPS) is 26.7. The number of benzene rings is 2. The molecule has 0 radical (unpaired) electrons. The second-order valence-electron chi connectivity index (χ2n) is 8.78. The fraction of sp³-hybridized carbons (Fsp3) is 0.292. The highest BCUT2D eigenvalue weighted by atomic mass is 16.3. The molecule has 5 rings (SSSR count). The van der Waals surface area contributed by atoms with Gasteiger partial charge in [-0.05, 0) is 24.3 Å². The summed E-state index contributed by atoms with van der Waals surface area (Å²) in [5.41, 5.74) is 3.06. The van der Waals surface area contributed by atoms with Crippen molar-refractivity contribution in [2.24, 2.45) is 17.6 Å². The molecule has 3 aliphatic carbocycles. The minimum absolute atomic E-state index is 0.0742. The predicted octanol–water partition coefficient (Wildman–Crippen LogP) is 1.62. The monoisotopic (exact) mass is 450 g/mol. The van der Waals surface area contributed by atoms with Gasteiger partial charge in [-0.3, -0.25) is 14.4 Å². The van der Waals surface area contributed by atoms with Crippen molar-refractivity contribution in [2.45, 2.75) is 24.9 Å². The van der Waals surface area contributed by atoms with Crippen molar-refractivity contribution in [2.75, 3.05) is 12.4 Å². The molecule has 33 heavy (non-hydrogen) atoms. The fourth-order valence-electron chi connectivity index (χ4n) is 5.73. The minimum atomic E-state index is -2.56. The summed E-state index contributed by atoms with van der Waals surface area (Å²) >= 11 is 0. The molecular formula is C24H22N2O7. The first-order chi connectivity index (χ1) is 15.6. The number of amides is 1. The molecule has 9 nitrogen and oxygen atoms in total. The topological polar surface area (TPSA) is 170 Å². The van der Waals surface area contributed by atoms with Crippen LogP contribution in [0.4, 0.5) is 5.69 Å². The molecule has 2 aromatic rings. The van der Waals surface area contributed by atoms with Crippen LogP contribution in [0.25, 0.3) is 16.5 Å². The summed E-state index contributed by atoms with van der Waals surface area (Å²) in [7, 11) is 1.72. The molecule has 0 aromatic heterocycles. The largest absolute Gasteiger partial charge is 0.508 e. The van der Waals surface area contributed by atoms with Crippen LogP contribution in [0, 0.1) is 11.8 Å². The van der Waals surface area contributed by atoms with Crippen LogP contribution in [0.15, 0.2) is 41.2 Å². The van der Waals surface area contributed by atoms with E-state index in [4.69, 9.17) is 5.73 Å². The lowest BCUT2D eigenvalue weighted by Crippen LogP contribution is -2.58. The number of carbonyl (C=O) groups is 3. The number of fused-ring (bicyclic) bond motifs is 4. The Labute approximate surface area is 187 Å². The van der Waals surface area contributed by atoms with Crippen LogP contribution in [0.5, 0.6) is 5.75 Å². The van der Waals surface area contributed by atoms with Gasteiger partial charge in [-0.2, -0.15) is 0 Å². The average Bonchev–Trinajstić information content (AvgIpc) is 2.76. The van der Waals surface area contributed by atoms with Crippen LogP contribution >= 0.6 is 0 Å². The molecule has 9 heteroatoms. The molecule has 0 aliphatic heterocycles.